The number of nitrogens with zero attached hydrogens (tertiary/aromatic N) is 2. The number of hydrogen-bond acceptors (Lipinski definition) is 4. The number of hydrogen-bond donors (Lipinski definition) is 1. The molecule has 0 aromatic heterocycles. The molecule has 1 heterocycles. The van der Waals surface area contributed by atoms with Crippen LogP contribution in [0.5, 0.6) is 5.75 Å². The van der Waals surface area contributed by atoms with Gasteiger partial charge in [-0.2, -0.15) is 0 Å². The van der Waals surface area contributed by atoms with Crippen LogP contribution in [0, 0.1) is 0 Å². The molecular formula is C22H27N3O3. The Kier molecular flexibility index (Phi) is 6.66. The first kappa shape index (κ1) is 19.9. The quantitative estimate of drug-likeness (QED) is 0.801. The summed E-state index contributed by atoms with van der Waals surface area (Å²) < 4.78 is 5.91. The SMILES string of the molecule is CCCNC(=O)CN(C)CC(=O)N1c2ccccc2OC[C@@H]1c1ccccc1. The summed E-state index contributed by atoms with van der Waals surface area (Å²) in [6.45, 7) is 3.39. The molecule has 0 spiro atoms. The summed E-state index contributed by atoms with van der Waals surface area (Å²) >= 11 is 0. The maximum atomic E-state index is 13.2. The van der Waals surface area contributed by atoms with Crippen LogP contribution in [0.4, 0.5) is 5.69 Å². The molecule has 6 nitrogen and oxygen atoms in total. The number of ether oxygens (including phenoxy) is 1. The summed E-state index contributed by atoms with van der Waals surface area (Å²) in [6, 6.07) is 17.3. The summed E-state index contributed by atoms with van der Waals surface area (Å²) in [5.74, 6) is 0.570. The number of carbonyl (C=O) groups excluding carboxylic acids is 2. The van der Waals surface area contributed by atoms with E-state index in [0.29, 0.717) is 18.9 Å². The normalized spacial score (nSPS) is 15.7. The third kappa shape index (κ3) is 4.70. The summed E-state index contributed by atoms with van der Waals surface area (Å²) in [5.41, 5.74) is 1.78. The van der Waals surface area contributed by atoms with E-state index in [1.807, 2.05) is 61.5 Å². The highest BCUT2D eigenvalue weighted by Gasteiger charge is 2.33. The van der Waals surface area contributed by atoms with Gasteiger partial charge in [-0.15, -0.1) is 0 Å². The number of rotatable bonds is 7. The lowest BCUT2D eigenvalue weighted by atomic mass is 10.0. The number of carbonyl (C=O) groups is 2. The number of fused-ring (bicyclic) bond motifs is 1. The first-order valence-electron chi connectivity index (χ1n) is 9.64. The average Bonchev–Trinajstić information content (AvgIpc) is 2.71. The number of amides is 2. The summed E-state index contributed by atoms with van der Waals surface area (Å²) in [7, 11) is 1.79. The minimum atomic E-state index is -0.203. The Labute approximate surface area is 166 Å². The van der Waals surface area contributed by atoms with Crippen molar-refractivity contribution in [1.82, 2.24) is 10.2 Å². The summed E-state index contributed by atoms with van der Waals surface area (Å²) in [6.07, 6.45) is 0.887. The van der Waals surface area contributed by atoms with E-state index < -0.39 is 0 Å². The van der Waals surface area contributed by atoms with E-state index in [1.165, 1.54) is 0 Å². The maximum absolute atomic E-state index is 13.2. The number of nitrogens with one attached hydrogen (secondary N) is 1. The van der Waals surface area contributed by atoms with Crippen LogP contribution in [0.2, 0.25) is 0 Å². The number of benzene rings is 2. The first-order valence-corrected chi connectivity index (χ1v) is 9.64. The molecule has 0 aliphatic carbocycles. The van der Waals surface area contributed by atoms with E-state index in [1.54, 1.807) is 16.8 Å². The smallest absolute Gasteiger partial charge is 0.241 e. The largest absolute Gasteiger partial charge is 0.489 e. The van der Waals surface area contributed by atoms with Crippen LogP contribution in [0.1, 0.15) is 24.9 Å². The molecule has 2 aromatic carbocycles. The molecule has 0 saturated heterocycles. The van der Waals surface area contributed by atoms with Crippen molar-refractivity contribution in [3.05, 3.63) is 60.2 Å². The van der Waals surface area contributed by atoms with Crippen LogP contribution in [-0.2, 0) is 9.59 Å². The molecule has 148 valence electrons. The Bertz CT molecular complexity index is 810. The molecular weight excluding hydrogens is 354 g/mol. The van der Waals surface area contributed by atoms with Gasteiger partial charge < -0.3 is 10.1 Å². The number of anilines is 1. The monoisotopic (exact) mass is 381 g/mol. The van der Waals surface area contributed by atoms with E-state index in [-0.39, 0.29) is 30.9 Å². The Hall–Kier alpha value is -2.86. The average molecular weight is 381 g/mol. The maximum Gasteiger partial charge on any atom is 0.241 e. The van der Waals surface area contributed by atoms with Gasteiger partial charge in [0.2, 0.25) is 11.8 Å². The highest BCUT2D eigenvalue weighted by molar-refractivity contribution is 5.97. The molecule has 3 rings (SSSR count). The molecule has 1 aliphatic rings. The van der Waals surface area contributed by atoms with Crippen molar-refractivity contribution in [3.63, 3.8) is 0 Å². The molecule has 1 atom stereocenters. The second-order valence-corrected chi connectivity index (χ2v) is 6.99. The van der Waals surface area contributed by atoms with Gasteiger partial charge in [0.1, 0.15) is 12.4 Å². The number of likely N-dealkylation sites (N-methyl/N-ethyl adjacent to an activating group) is 1. The number of para-hydroxylation sites is 2. The summed E-state index contributed by atoms with van der Waals surface area (Å²) in [5, 5.41) is 2.84. The zero-order valence-electron chi connectivity index (χ0n) is 16.4. The second-order valence-electron chi connectivity index (χ2n) is 6.99. The van der Waals surface area contributed by atoms with E-state index in [9.17, 15) is 9.59 Å². The van der Waals surface area contributed by atoms with Gasteiger partial charge >= 0.3 is 0 Å². The highest BCUT2D eigenvalue weighted by Crippen LogP contribution is 2.39. The second kappa shape index (κ2) is 9.37. The topological polar surface area (TPSA) is 61.9 Å². The van der Waals surface area contributed by atoms with Crippen molar-refractivity contribution >= 4 is 17.5 Å². The molecule has 6 heteroatoms. The van der Waals surface area contributed by atoms with Crippen LogP contribution >= 0.6 is 0 Å². The van der Waals surface area contributed by atoms with Crippen molar-refractivity contribution in [2.75, 3.05) is 38.2 Å². The fourth-order valence-electron chi connectivity index (χ4n) is 3.35. The third-order valence-electron chi connectivity index (χ3n) is 4.68. The molecule has 0 bridgehead atoms. The van der Waals surface area contributed by atoms with Gasteiger partial charge in [0.05, 0.1) is 24.8 Å². The van der Waals surface area contributed by atoms with E-state index in [4.69, 9.17) is 4.74 Å². The third-order valence-corrected chi connectivity index (χ3v) is 4.68. The zero-order valence-corrected chi connectivity index (χ0v) is 16.4. The van der Waals surface area contributed by atoms with Crippen molar-refractivity contribution < 1.29 is 14.3 Å². The van der Waals surface area contributed by atoms with Crippen LogP contribution in [-0.4, -0.2) is 50.0 Å². The zero-order chi connectivity index (χ0) is 19.9. The van der Waals surface area contributed by atoms with Gasteiger partial charge in [-0.3, -0.25) is 19.4 Å². The van der Waals surface area contributed by atoms with E-state index in [0.717, 1.165) is 17.7 Å². The van der Waals surface area contributed by atoms with E-state index >= 15 is 0 Å². The lowest BCUT2D eigenvalue weighted by Gasteiger charge is -2.38. The molecule has 0 saturated carbocycles. The van der Waals surface area contributed by atoms with Crippen LogP contribution in [0.25, 0.3) is 0 Å². The van der Waals surface area contributed by atoms with Crippen LogP contribution < -0.4 is 15.0 Å². The van der Waals surface area contributed by atoms with E-state index in [2.05, 4.69) is 5.32 Å². The Balaban J connectivity index is 1.78. The van der Waals surface area contributed by atoms with Crippen molar-refractivity contribution in [1.29, 1.82) is 0 Å². The predicted octanol–water partition coefficient (Wildman–Crippen LogP) is 2.61. The van der Waals surface area contributed by atoms with Gasteiger partial charge in [0.15, 0.2) is 0 Å². The summed E-state index contributed by atoms with van der Waals surface area (Å²) in [4.78, 5) is 28.7. The van der Waals surface area contributed by atoms with Crippen LogP contribution in [0.3, 0.4) is 0 Å². The minimum Gasteiger partial charge on any atom is -0.489 e. The molecule has 2 aromatic rings. The Morgan fingerprint density at radius 1 is 1.11 bits per heavy atom. The van der Waals surface area contributed by atoms with Crippen molar-refractivity contribution in [3.8, 4) is 5.75 Å². The molecule has 28 heavy (non-hydrogen) atoms. The molecule has 0 fully saturated rings. The minimum absolute atomic E-state index is 0.0598. The van der Waals surface area contributed by atoms with Crippen LogP contribution in [0.15, 0.2) is 54.6 Å². The molecule has 1 aliphatic heterocycles. The first-order chi connectivity index (χ1) is 13.6. The van der Waals surface area contributed by atoms with Gasteiger partial charge in [0.25, 0.3) is 0 Å². The Morgan fingerprint density at radius 3 is 2.57 bits per heavy atom. The van der Waals surface area contributed by atoms with Crippen molar-refractivity contribution in [2.45, 2.75) is 19.4 Å². The molecule has 1 N–H and O–H groups in total. The Morgan fingerprint density at radius 2 is 1.82 bits per heavy atom. The molecule has 0 radical (unpaired) electrons. The predicted molar refractivity (Wildman–Crippen MR) is 109 cm³/mol. The van der Waals surface area contributed by atoms with Crippen molar-refractivity contribution in [2.24, 2.45) is 0 Å². The van der Waals surface area contributed by atoms with Gasteiger partial charge in [-0.05, 0) is 31.2 Å². The highest BCUT2D eigenvalue weighted by atomic mass is 16.5. The molecule has 0 unspecified atom stereocenters. The van der Waals surface area contributed by atoms with Gasteiger partial charge in [0, 0.05) is 6.54 Å². The lowest BCUT2D eigenvalue weighted by molar-refractivity contribution is -0.123. The lowest BCUT2D eigenvalue weighted by Crippen LogP contribution is -2.47. The van der Waals surface area contributed by atoms with Gasteiger partial charge in [-0.25, -0.2) is 0 Å². The standard InChI is InChI=1S/C22H27N3O3/c1-3-13-23-21(26)14-24(2)15-22(27)25-18-11-7-8-12-20(18)28-16-19(25)17-9-5-4-6-10-17/h4-12,19H,3,13-16H2,1-2H3,(H,23,26)/t19-/m1/s1. The fourth-order valence-corrected chi connectivity index (χ4v) is 3.35. The van der Waals surface area contributed by atoms with Gasteiger partial charge in [-0.1, -0.05) is 49.4 Å². The fraction of sp³-hybridized carbons (Fsp3) is 0.364. The molecule has 2 amide bonds.